The summed E-state index contributed by atoms with van der Waals surface area (Å²) in [5, 5.41) is 11.0. The first kappa shape index (κ1) is 6.29. The molecule has 1 rings (SSSR count). The van der Waals surface area contributed by atoms with Gasteiger partial charge in [-0.1, -0.05) is 0 Å². The van der Waals surface area contributed by atoms with Crippen molar-refractivity contribution >= 4 is 17.6 Å². The third-order valence-corrected chi connectivity index (χ3v) is 1.78. The third kappa shape index (κ3) is 1.29. The normalized spacial score (nSPS) is 9.33. The molecule has 1 aromatic rings. The molecule has 1 N–H and O–H groups in total. The number of hydrogen-bond acceptors (Lipinski definition) is 3. The number of hydrogen-bond donors (Lipinski definition) is 1. The van der Waals surface area contributed by atoms with Crippen LogP contribution in [0.15, 0.2) is 11.4 Å². The van der Waals surface area contributed by atoms with Crippen molar-refractivity contribution in [1.29, 1.82) is 0 Å². The van der Waals surface area contributed by atoms with Crippen LogP contribution < -0.4 is 0 Å². The maximum atomic E-state index is 9.92. The fourth-order valence-corrected chi connectivity index (χ4v) is 1.24. The SMILES string of the molecule is O=CCc1ccsc1O. The Labute approximate surface area is 56.8 Å². The molecule has 2 nitrogen and oxygen atoms in total. The topological polar surface area (TPSA) is 37.3 Å². The summed E-state index contributed by atoms with van der Waals surface area (Å²) < 4.78 is 0. The van der Waals surface area contributed by atoms with Gasteiger partial charge in [0.1, 0.15) is 6.29 Å². The van der Waals surface area contributed by atoms with Gasteiger partial charge in [-0.2, -0.15) is 0 Å². The number of aromatic hydroxyl groups is 1. The van der Waals surface area contributed by atoms with E-state index in [-0.39, 0.29) is 5.06 Å². The van der Waals surface area contributed by atoms with Crippen LogP contribution in [0.3, 0.4) is 0 Å². The van der Waals surface area contributed by atoms with Crippen molar-refractivity contribution in [2.75, 3.05) is 0 Å². The Morgan fingerprint density at radius 2 is 2.56 bits per heavy atom. The lowest BCUT2D eigenvalue weighted by atomic mass is 10.3. The van der Waals surface area contributed by atoms with Gasteiger partial charge in [0.25, 0.3) is 0 Å². The molecule has 0 aliphatic rings. The van der Waals surface area contributed by atoms with Crippen LogP contribution in [0.1, 0.15) is 5.56 Å². The first-order valence-electron chi connectivity index (χ1n) is 2.53. The van der Waals surface area contributed by atoms with Crippen molar-refractivity contribution in [2.45, 2.75) is 6.42 Å². The molecule has 0 saturated carbocycles. The second kappa shape index (κ2) is 2.64. The maximum Gasteiger partial charge on any atom is 0.174 e. The van der Waals surface area contributed by atoms with Crippen LogP contribution in [0.25, 0.3) is 0 Å². The Morgan fingerprint density at radius 3 is 3.00 bits per heavy atom. The summed E-state index contributed by atoms with van der Waals surface area (Å²) in [6.45, 7) is 0. The molecule has 0 atom stereocenters. The Morgan fingerprint density at radius 1 is 1.78 bits per heavy atom. The summed E-state index contributed by atoms with van der Waals surface area (Å²) in [5.41, 5.74) is 0.718. The van der Waals surface area contributed by atoms with Crippen LogP contribution in [0.2, 0.25) is 0 Å². The summed E-state index contributed by atoms with van der Waals surface area (Å²) in [6, 6.07) is 1.74. The molecule has 1 aromatic heterocycles. The zero-order chi connectivity index (χ0) is 6.69. The van der Waals surface area contributed by atoms with Crippen LogP contribution >= 0.6 is 11.3 Å². The Kier molecular flexibility index (Phi) is 1.85. The highest BCUT2D eigenvalue weighted by Gasteiger charge is 1.98. The highest BCUT2D eigenvalue weighted by Crippen LogP contribution is 2.23. The largest absolute Gasteiger partial charge is 0.499 e. The van der Waals surface area contributed by atoms with Crippen molar-refractivity contribution in [3.8, 4) is 5.06 Å². The minimum atomic E-state index is 0.252. The zero-order valence-corrected chi connectivity index (χ0v) is 5.52. The summed E-state index contributed by atoms with van der Waals surface area (Å²) in [6.07, 6.45) is 1.09. The molecular weight excluding hydrogens is 136 g/mol. The summed E-state index contributed by atoms with van der Waals surface area (Å²) >= 11 is 1.24. The van der Waals surface area contributed by atoms with Gasteiger partial charge in [0.2, 0.25) is 0 Å². The predicted molar refractivity (Wildman–Crippen MR) is 35.8 cm³/mol. The van der Waals surface area contributed by atoms with Crippen molar-refractivity contribution in [2.24, 2.45) is 0 Å². The quantitative estimate of drug-likeness (QED) is 0.630. The Hall–Kier alpha value is -0.830. The minimum absolute atomic E-state index is 0.252. The minimum Gasteiger partial charge on any atom is -0.499 e. The molecule has 0 aliphatic heterocycles. The van der Waals surface area contributed by atoms with Gasteiger partial charge in [-0.15, -0.1) is 11.3 Å². The number of carbonyl (C=O) groups excluding carboxylic acids is 1. The second-order valence-electron chi connectivity index (χ2n) is 1.62. The van der Waals surface area contributed by atoms with Gasteiger partial charge in [-0.05, 0) is 11.4 Å². The van der Waals surface area contributed by atoms with Crippen LogP contribution in [-0.4, -0.2) is 11.4 Å². The van der Waals surface area contributed by atoms with E-state index >= 15 is 0 Å². The van der Waals surface area contributed by atoms with Crippen molar-refractivity contribution in [1.82, 2.24) is 0 Å². The van der Waals surface area contributed by atoms with Crippen molar-refractivity contribution in [3.63, 3.8) is 0 Å². The molecule has 1 heterocycles. The molecule has 0 radical (unpaired) electrons. The standard InChI is InChI=1S/C6H6O2S/c7-3-1-5-2-4-9-6(5)8/h2-4,8H,1H2. The Bertz CT molecular complexity index is 205. The Balaban J connectivity index is 2.80. The monoisotopic (exact) mass is 142 g/mol. The summed E-state index contributed by atoms with van der Waals surface area (Å²) in [4.78, 5) is 9.92. The molecule has 0 saturated heterocycles. The van der Waals surface area contributed by atoms with Gasteiger partial charge in [0, 0.05) is 12.0 Å². The van der Waals surface area contributed by atoms with Crippen LogP contribution in [0, 0.1) is 0 Å². The lowest BCUT2D eigenvalue weighted by molar-refractivity contribution is -0.107. The van der Waals surface area contributed by atoms with Gasteiger partial charge in [-0.25, -0.2) is 0 Å². The first-order chi connectivity index (χ1) is 4.34. The highest BCUT2D eigenvalue weighted by atomic mass is 32.1. The summed E-state index contributed by atoms with van der Waals surface area (Å²) in [5.74, 6) is 0. The van der Waals surface area contributed by atoms with E-state index in [1.165, 1.54) is 11.3 Å². The number of aldehydes is 1. The molecule has 0 amide bonds. The van der Waals surface area contributed by atoms with Crippen LogP contribution in [0.4, 0.5) is 0 Å². The molecule has 0 spiro atoms. The van der Waals surface area contributed by atoms with Gasteiger partial charge < -0.3 is 9.90 Å². The van der Waals surface area contributed by atoms with Gasteiger partial charge in [0.05, 0.1) is 0 Å². The van der Waals surface area contributed by atoms with Gasteiger partial charge >= 0.3 is 0 Å². The number of carbonyl (C=O) groups is 1. The van der Waals surface area contributed by atoms with E-state index in [1.807, 2.05) is 0 Å². The number of rotatable bonds is 2. The smallest absolute Gasteiger partial charge is 0.174 e. The lowest BCUT2D eigenvalue weighted by Crippen LogP contribution is -1.79. The van der Waals surface area contributed by atoms with Crippen LogP contribution in [-0.2, 0) is 11.2 Å². The molecule has 48 valence electrons. The van der Waals surface area contributed by atoms with E-state index in [0.717, 1.165) is 11.8 Å². The van der Waals surface area contributed by atoms with E-state index in [4.69, 9.17) is 5.11 Å². The van der Waals surface area contributed by atoms with Crippen molar-refractivity contribution in [3.05, 3.63) is 17.0 Å². The molecule has 3 heteroatoms. The molecule has 0 fully saturated rings. The fourth-order valence-electron chi connectivity index (χ4n) is 0.573. The maximum absolute atomic E-state index is 9.92. The number of thiophene rings is 1. The highest BCUT2D eigenvalue weighted by molar-refractivity contribution is 7.11. The van der Waals surface area contributed by atoms with Gasteiger partial charge in [0.15, 0.2) is 5.06 Å². The molecule has 0 unspecified atom stereocenters. The fraction of sp³-hybridized carbons (Fsp3) is 0.167. The van der Waals surface area contributed by atoms with Crippen LogP contribution in [0.5, 0.6) is 5.06 Å². The first-order valence-corrected chi connectivity index (χ1v) is 3.41. The molecule has 9 heavy (non-hydrogen) atoms. The van der Waals surface area contributed by atoms with E-state index in [2.05, 4.69) is 0 Å². The van der Waals surface area contributed by atoms with Crippen molar-refractivity contribution < 1.29 is 9.90 Å². The van der Waals surface area contributed by atoms with E-state index in [9.17, 15) is 4.79 Å². The van der Waals surface area contributed by atoms with E-state index < -0.39 is 0 Å². The van der Waals surface area contributed by atoms with Gasteiger partial charge in [-0.3, -0.25) is 0 Å². The predicted octanol–water partition coefficient (Wildman–Crippen LogP) is 1.20. The van der Waals surface area contributed by atoms with E-state index in [0.29, 0.717) is 6.42 Å². The lowest BCUT2D eigenvalue weighted by Gasteiger charge is -1.86. The second-order valence-corrected chi connectivity index (χ2v) is 2.52. The average molecular weight is 142 g/mol. The molecular formula is C6H6O2S. The molecule has 0 aromatic carbocycles. The third-order valence-electron chi connectivity index (χ3n) is 1.03. The van der Waals surface area contributed by atoms with E-state index in [1.54, 1.807) is 11.4 Å². The average Bonchev–Trinajstić information content (AvgIpc) is 2.18. The molecule has 0 bridgehead atoms. The molecule has 0 aliphatic carbocycles. The zero-order valence-electron chi connectivity index (χ0n) is 4.70. The summed E-state index contributed by atoms with van der Waals surface area (Å²) in [7, 11) is 0.